The Kier molecular flexibility index (Phi) is 3.34. The summed E-state index contributed by atoms with van der Waals surface area (Å²) in [6.45, 7) is 0.992. The molecule has 1 aliphatic rings. The first-order chi connectivity index (χ1) is 8.16. The summed E-state index contributed by atoms with van der Waals surface area (Å²) in [7, 11) is 0. The van der Waals surface area contributed by atoms with Gasteiger partial charge in [-0.15, -0.1) is 5.10 Å². The molecule has 6 nitrogen and oxygen atoms in total. The number of hydrogen-bond donors (Lipinski definition) is 2. The van der Waals surface area contributed by atoms with Gasteiger partial charge in [-0.05, 0) is 12.1 Å². The molecular formula is C10H11ClN4O2. The maximum absolute atomic E-state index is 6.04. The van der Waals surface area contributed by atoms with Gasteiger partial charge in [0.1, 0.15) is 13.2 Å². The van der Waals surface area contributed by atoms with E-state index in [0.717, 1.165) is 5.56 Å². The van der Waals surface area contributed by atoms with Crippen molar-refractivity contribution in [2.45, 2.75) is 0 Å². The average molecular weight is 255 g/mol. The van der Waals surface area contributed by atoms with Gasteiger partial charge in [-0.25, -0.2) is 0 Å². The molecule has 1 aromatic rings. The van der Waals surface area contributed by atoms with E-state index in [0.29, 0.717) is 29.7 Å². The minimum Gasteiger partial charge on any atom is -0.486 e. The van der Waals surface area contributed by atoms with Gasteiger partial charge in [-0.1, -0.05) is 11.6 Å². The molecule has 4 N–H and O–H groups in total. The van der Waals surface area contributed by atoms with Crippen molar-refractivity contribution in [3.63, 3.8) is 0 Å². The molecule has 0 saturated carbocycles. The van der Waals surface area contributed by atoms with Crippen LogP contribution in [0.2, 0.25) is 5.02 Å². The van der Waals surface area contributed by atoms with Gasteiger partial charge in [-0.3, -0.25) is 0 Å². The van der Waals surface area contributed by atoms with E-state index >= 15 is 0 Å². The highest BCUT2D eigenvalue weighted by Gasteiger charge is 2.15. The number of guanidine groups is 1. The van der Waals surface area contributed by atoms with Crippen molar-refractivity contribution in [1.29, 1.82) is 0 Å². The monoisotopic (exact) mass is 254 g/mol. The normalized spacial score (nSPS) is 13.7. The van der Waals surface area contributed by atoms with E-state index in [4.69, 9.17) is 32.5 Å². The summed E-state index contributed by atoms with van der Waals surface area (Å²) in [5.41, 5.74) is 11.0. The first-order valence-electron chi connectivity index (χ1n) is 4.88. The van der Waals surface area contributed by atoms with Crippen LogP contribution >= 0.6 is 11.6 Å². The van der Waals surface area contributed by atoms with Crippen molar-refractivity contribution < 1.29 is 9.47 Å². The Labute approximate surface area is 103 Å². The van der Waals surface area contributed by atoms with Crippen molar-refractivity contribution in [2.24, 2.45) is 21.7 Å². The predicted octanol–water partition coefficient (Wildman–Crippen LogP) is 0.719. The van der Waals surface area contributed by atoms with E-state index < -0.39 is 0 Å². The lowest BCUT2D eigenvalue weighted by molar-refractivity contribution is 0.171. The Morgan fingerprint density at radius 3 is 2.82 bits per heavy atom. The highest BCUT2D eigenvalue weighted by atomic mass is 35.5. The molecule has 0 saturated heterocycles. The van der Waals surface area contributed by atoms with Gasteiger partial charge in [0.2, 0.25) is 5.96 Å². The van der Waals surface area contributed by atoms with Crippen LogP contribution in [0.3, 0.4) is 0 Å². The summed E-state index contributed by atoms with van der Waals surface area (Å²) in [5.74, 6) is 1.04. The van der Waals surface area contributed by atoms with Crippen LogP contribution in [-0.4, -0.2) is 25.4 Å². The van der Waals surface area contributed by atoms with Crippen LogP contribution in [0.1, 0.15) is 5.56 Å². The van der Waals surface area contributed by atoms with Crippen molar-refractivity contribution in [2.75, 3.05) is 13.2 Å². The summed E-state index contributed by atoms with van der Waals surface area (Å²) < 4.78 is 10.8. The second kappa shape index (κ2) is 4.92. The molecule has 0 bridgehead atoms. The van der Waals surface area contributed by atoms with Crippen LogP contribution in [0.4, 0.5) is 0 Å². The Bertz CT molecular complexity index is 483. The average Bonchev–Trinajstić information content (AvgIpc) is 2.28. The Morgan fingerprint density at radius 1 is 1.29 bits per heavy atom. The molecule has 0 radical (unpaired) electrons. The summed E-state index contributed by atoms with van der Waals surface area (Å²) in [6.07, 6.45) is 1.48. The van der Waals surface area contributed by atoms with E-state index in [-0.39, 0.29) is 5.96 Å². The number of rotatable bonds is 2. The molecule has 90 valence electrons. The minimum atomic E-state index is -0.107. The van der Waals surface area contributed by atoms with Gasteiger partial charge in [0.05, 0.1) is 11.2 Å². The molecule has 1 heterocycles. The van der Waals surface area contributed by atoms with Crippen molar-refractivity contribution >= 4 is 23.8 Å². The number of halogens is 1. The molecule has 0 aliphatic carbocycles. The van der Waals surface area contributed by atoms with E-state index in [1.165, 1.54) is 6.21 Å². The van der Waals surface area contributed by atoms with Gasteiger partial charge in [-0.2, -0.15) is 5.10 Å². The van der Waals surface area contributed by atoms with E-state index in [2.05, 4.69) is 10.2 Å². The molecular weight excluding hydrogens is 244 g/mol. The number of nitrogens with two attached hydrogens (primary N) is 2. The van der Waals surface area contributed by atoms with Gasteiger partial charge >= 0.3 is 0 Å². The zero-order valence-corrected chi connectivity index (χ0v) is 9.65. The molecule has 7 heteroatoms. The van der Waals surface area contributed by atoms with Crippen LogP contribution in [0.25, 0.3) is 0 Å². The third kappa shape index (κ3) is 2.79. The summed E-state index contributed by atoms with van der Waals surface area (Å²) in [4.78, 5) is 0. The van der Waals surface area contributed by atoms with Crippen LogP contribution in [0.15, 0.2) is 22.3 Å². The molecule has 0 amide bonds. The van der Waals surface area contributed by atoms with E-state index in [1.807, 2.05) is 0 Å². The zero-order chi connectivity index (χ0) is 12.3. The van der Waals surface area contributed by atoms with Crippen molar-refractivity contribution in [3.8, 4) is 11.5 Å². The minimum absolute atomic E-state index is 0.107. The highest BCUT2D eigenvalue weighted by molar-refractivity contribution is 6.32. The molecule has 0 atom stereocenters. The molecule has 0 unspecified atom stereocenters. The fourth-order valence-corrected chi connectivity index (χ4v) is 1.64. The molecule has 0 spiro atoms. The summed E-state index contributed by atoms with van der Waals surface area (Å²) in [6, 6.07) is 3.45. The lowest BCUT2D eigenvalue weighted by Gasteiger charge is -2.19. The second-order valence-corrected chi connectivity index (χ2v) is 3.70. The maximum Gasteiger partial charge on any atom is 0.211 e. The zero-order valence-electron chi connectivity index (χ0n) is 8.89. The summed E-state index contributed by atoms with van der Waals surface area (Å²) >= 11 is 6.04. The van der Waals surface area contributed by atoms with E-state index in [1.54, 1.807) is 12.1 Å². The summed E-state index contributed by atoms with van der Waals surface area (Å²) in [5, 5.41) is 7.64. The van der Waals surface area contributed by atoms with Crippen LogP contribution in [0, 0.1) is 0 Å². The number of fused-ring (bicyclic) bond motifs is 1. The molecule has 2 rings (SSSR count). The topological polar surface area (TPSA) is 95.2 Å². The first kappa shape index (κ1) is 11.5. The number of ether oxygens (including phenoxy) is 2. The van der Waals surface area contributed by atoms with Gasteiger partial charge < -0.3 is 20.9 Å². The lowest BCUT2D eigenvalue weighted by Crippen LogP contribution is -2.21. The fraction of sp³-hybridized carbons (Fsp3) is 0.200. The SMILES string of the molecule is NC(N)=N/N=C\c1cc(Cl)c2c(c1)OCCO2. The van der Waals surface area contributed by atoms with Gasteiger partial charge in [0.15, 0.2) is 11.5 Å². The molecule has 0 aromatic heterocycles. The number of benzene rings is 1. The van der Waals surface area contributed by atoms with Crippen molar-refractivity contribution in [3.05, 3.63) is 22.7 Å². The Balaban J connectivity index is 2.28. The van der Waals surface area contributed by atoms with Gasteiger partial charge in [0.25, 0.3) is 0 Å². The quantitative estimate of drug-likeness (QED) is 0.462. The third-order valence-corrected chi connectivity index (χ3v) is 2.28. The van der Waals surface area contributed by atoms with Crippen molar-refractivity contribution in [1.82, 2.24) is 0 Å². The number of nitrogens with zero attached hydrogens (tertiary/aromatic N) is 2. The van der Waals surface area contributed by atoms with E-state index in [9.17, 15) is 0 Å². The van der Waals surface area contributed by atoms with Crippen LogP contribution < -0.4 is 20.9 Å². The second-order valence-electron chi connectivity index (χ2n) is 3.30. The lowest BCUT2D eigenvalue weighted by atomic mass is 10.2. The Morgan fingerprint density at radius 2 is 2.06 bits per heavy atom. The fourth-order valence-electron chi connectivity index (χ4n) is 1.37. The van der Waals surface area contributed by atoms with Crippen LogP contribution in [0.5, 0.6) is 11.5 Å². The smallest absolute Gasteiger partial charge is 0.211 e. The highest BCUT2D eigenvalue weighted by Crippen LogP contribution is 2.37. The largest absolute Gasteiger partial charge is 0.486 e. The number of hydrogen-bond acceptors (Lipinski definition) is 4. The predicted molar refractivity (Wildman–Crippen MR) is 65.8 cm³/mol. The third-order valence-electron chi connectivity index (χ3n) is 2.00. The molecule has 1 aliphatic heterocycles. The molecule has 1 aromatic carbocycles. The maximum atomic E-state index is 6.04. The first-order valence-corrected chi connectivity index (χ1v) is 5.26. The molecule has 17 heavy (non-hydrogen) atoms. The Hall–Kier alpha value is -1.95. The standard InChI is InChI=1S/C10H11ClN4O2/c11-7-3-6(5-14-15-10(12)13)4-8-9(7)17-2-1-16-8/h3-5H,1-2H2,(H4,12,13,15)/b14-5-. The molecule has 0 fully saturated rings. The van der Waals surface area contributed by atoms with Crippen LogP contribution in [-0.2, 0) is 0 Å². The van der Waals surface area contributed by atoms with Gasteiger partial charge in [0, 0.05) is 5.56 Å².